The molecule has 5 rings (SSSR count). The topological polar surface area (TPSA) is 57.2 Å². The number of benzene rings is 4. The van der Waals surface area contributed by atoms with E-state index in [0.29, 0.717) is 19.8 Å². The molecule has 5 nitrogen and oxygen atoms in total. The van der Waals surface area contributed by atoms with E-state index in [1.54, 1.807) is 11.8 Å². The van der Waals surface area contributed by atoms with Crippen molar-refractivity contribution in [2.45, 2.75) is 54.6 Å². The Morgan fingerprint density at radius 2 is 0.949 bits per heavy atom. The van der Waals surface area contributed by atoms with Crippen molar-refractivity contribution in [3.8, 4) is 0 Å². The van der Waals surface area contributed by atoms with E-state index in [2.05, 4.69) is 0 Å². The molecule has 6 heteroatoms. The summed E-state index contributed by atoms with van der Waals surface area (Å²) in [4.78, 5) is 1.05. The molecular weight excluding hydrogens is 508 g/mol. The fraction of sp³-hybridized carbons (Fsp3) is 0.273. The molecule has 202 valence electrons. The van der Waals surface area contributed by atoms with Crippen LogP contribution in [0.4, 0.5) is 0 Å². The lowest BCUT2D eigenvalue weighted by Gasteiger charge is -2.45. The number of ether oxygens (including phenoxy) is 4. The lowest BCUT2D eigenvalue weighted by Crippen LogP contribution is -2.60. The summed E-state index contributed by atoms with van der Waals surface area (Å²) in [5.41, 5.74) is 2.75. The first-order valence-corrected chi connectivity index (χ1v) is 14.1. The number of hydrogen-bond acceptors (Lipinski definition) is 6. The van der Waals surface area contributed by atoms with Crippen molar-refractivity contribution in [1.29, 1.82) is 0 Å². The smallest absolute Gasteiger partial charge is 0.137 e. The summed E-state index contributed by atoms with van der Waals surface area (Å²) in [6, 6.07) is 40.3. The molecule has 0 saturated carbocycles. The van der Waals surface area contributed by atoms with Crippen LogP contribution in [0, 0.1) is 0 Å². The minimum atomic E-state index is -0.577. The van der Waals surface area contributed by atoms with Crippen LogP contribution in [0.3, 0.4) is 0 Å². The third kappa shape index (κ3) is 7.79. The SMILES string of the molecule is OCC1O[C@@H](Sc2ccccc2)C(OCc2ccccc2)[C@H](OCc2ccccc2)[C@@H]1OCc1ccccc1. The third-order valence-corrected chi connectivity index (χ3v) is 7.78. The average Bonchev–Trinajstić information content (AvgIpc) is 3.00. The van der Waals surface area contributed by atoms with E-state index >= 15 is 0 Å². The molecule has 1 fully saturated rings. The van der Waals surface area contributed by atoms with Crippen LogP contribution in [0.15, 0.2) is 126 Å². The zero-order valence-electron chi connectivity index (χ0n) is 21.8. The summed E-state index contributed by atoms with van der Waals surface area (Å²) < 4.78 is 26.2. The van der Waals surface area contributed by atoms with Crippen molar-refractivity contribution in [3.05, 3.63) is 138 Å². The molecule has 1 aliphatic heterocycles. The maximum Gasteiger partial charge on any atom is 0.137 e. The second-order valence-corrected chi connectivity index (χ2v) is 10.6. The Labute approximate surface area is 234 Å². The highest BCUT2D eigenvalue weighted by Gasteiger charge is 2.48. The van der Waals surface area contributed by atoms with Gasteiger partial charge >= 0.3 is 0 Å². The highest BCUT2D eigenvalue weighted by molar-refractivity contribution is 7.99. The number of thioether (sulfide) groups is 1. The first kappa shape index (κ1) is 27.6. The molecule has 1 N–H and O–H groups in total. The van der Waals surface area contributed by atoms with Gasteiger partial charge in [0, 0.05) is 4.90 Å². The summed E-state index contributed by atoms with van der Waals surface area (Å²) in [5, 5.41) is 10.4. The first-order valence-electron chi connectivity index (χ1n) is 13.2. The van der Waals surface area contributed by atoms with E-state index in [-0.39, 0.29) is 6.61 Å². The Morgan fingerprint density at radius 3 is 1.41 bits per heavy atom. The predicted molar refractivity (Wildman–Crippen MR) is 153 cm³/mol. The second-order valence-electron chi connectivity index (χ2n) is 9.44. The summed E-state index contributed by atoms with van der Waals surface area (Å²) in [6.07, 6.45) is -2.05. The van der Waals surface area contributed by atoms with Crippen molar-refractivity contribution < 1.29 is 24.1 Å². The molecule has 0 spiro atoms. The first-order chi connectivity index (χ1) is 19.3. The van der Waals surface area contributed by atoms with Crippen LogP contribution in [0.2, 0.25) is 0 Å². The second kappa shape index (κ2) is 14.4. The molecule has 1 saturated heterocycles. The molecule has 4 aromatic rings. The van der Waals surface area contributed by atoms with Crippen LogP contribution in [0.1, 0.15) is 16.7 Å². The summed E-state index contributed by atoms with van der Waals surface area (Å²) in [7, 11) is 0. The van der Waals surface area contributed by atoms with Gasteiger partial charge in [-0.3, -0.25) is 0 Å². The Hall–Kier alpha value is -2.97. The number of aliphatic hydroxyl groups excluding tert-OH is 1. The van der Waals surface area contributed by atoms with E-state index in [0.717, 1.165) is 21.6 Å². The molecule has 4 aromatic carbocycles. The predicted octanol–water partition coefficient (Wildman–Crippen LogP) is 6.25. The average molecular weight is 543 g/mol. The van der Waals surface area contributed by atoms with Crippen molar-refractivity contribution in [3.63, 3.8) is 0 Å². The molecule has 5 atom stereocenters. The largest absolute Gasteiger partial charge is 0.394 e. The molecule has 0 aliphatic carbocycles. The van der Waals surface area contributed by atoms with Crippen LogP contribution in [0.25, 0.3) is 0 Å². The highest BCUT2D eigenvalue weighted by atomic mass is 32.2. The summed E-state index contributed by atoms with van der Waals surface area (Å²) in [6.45, 7) is 0.976. The summed E-state index contributed by atoms with van der Waals surface area (Å²) >= 11 is 1.57. The van der Waals surface area contributed by atoms with Gasteiger partial charge in [0.1, 0.15) is 29.9 Å². The molecule has 1 heterocycles. The third-order valence-electron chi connectivity index (χ3n) is 6.62. The molecule has 0 radical (unpaired) electrons. The molecule has 2 unspecified atom stereocenters. The van der Waals surface area contributed by atoms with Crippen LogP contribution in [0.5, 0.6) is 0 Å². The zero-order valence-corrected chi connectivity index (χ0v) is 22.6. The van der Waals surface area contributed by atoms with E-state index < -0.39 is 29.9 Å². The van der Waals surface area contributed by atoms with E-state index in [1.807, 2.05) is 121 Å². The fourth-order valence-corrected chi connectivity index (χ4v) is 5.77. The van der Waals surface area contributed by atoms with Gasteiger partial charge in [-0.15, -0.1) is 0 Å². The van der Waals surface area contributed by atoms with Crippen molar-refractivity contribution >= 4 is 11.8 Å². The van der Waals surface area contributed by atoms with Crippen molar-refractivity contribution in [2.75, 3.05) is 6.61 Å². The number of aliphatic hydroxyl groups is 1. The van der Waals surface area contributed by atoms with Gasteiger partial charge in [-0.2, -0.15) is 0 Å². The molecule has 0 bridgehead atoms. The monoisotopic (exact) mass is 542 g/mol. The lowest BCUT2D eigenvalue weighted by molar-refractivity contribution is -0.251. The Balaban J connectivity index is 1.44. The fourth-order valence-electron chi connectivity index (χ4n) is 4.62. The van der Waals surface area contributed by atoms with Crippen LogP contribution < -0.4 is 0 Å². The molecule has 1 aliphatic rings. The van der Waals surface area contributed by atoms with Gasteiger partial charge in [0.05, 0.1) is 26.4 Å². The lowest BCUT2D eigenvalue weighted by atomic mass is 9.99. The van der Waals surface area contributed by atoms with Gasteiger partial charge in [0.2, 0.25) is 0 Å². The quantitative estimate of drug-likeness (QED) is 0.228. The van der Waals surface area contributed by atoms with Gasteiger partial charge in [0.15, 0.2) is 0 Å². The van der Waals surface area contributed by atoms with Crippen LogP contribution >= 0.6 is 11.8 Å². The molecule has 0 amide bonds. The van der Waals surface area contributed by atoms with E-state index in [4.69, 9.17) is 18.9 Å². The molecule has 0 aromatic heterocycles. The van der Waals surface area contributed by atoms with E-state index in [9.17, 15) is 5.11 Å². The zero-order chi connectivity index (χ0) is 26.7. The van der Waals surface area contributed by atoms with Gasteiger partial charge in [-0.25, -0.2) is 0 Å². The Kier molecular flexibility index (Phi) is 10.2. The van der Waals surface area contributed by atoms with Gasteiger partial charge in [0.25, 0.3) is 0 Å². The summed E-state index contributed by atoms with van der Waals surface area (Å²) in [5.74, 6) is 0. The molecule has 39 heavy (non-hydrogen) atoms. The number of rotatable bonds is 12. The van der Waals surface area contributed by atoms with Crippen LogP contribution in [-0.2, 0) is 38.8 Å². The number of hydrogen-bond donors (Lipinski definition) is 1. The van der Waals surface area contributed by atoms with Gasteiger partial charge in [-0.1, -0.05) is 121 Å². The Bertz CT molecular complexity index is 1230. The molecular formula is C33H34O5S. The van der Waals surface area contributed by atoms with Gasteiger partial charge < -0.3 is 24.1 Å². The maximum atomic E-state index is 10.4. The normalized spacial score (nSPS) is 22.9. The maximum absolute atomic E-state index is 10.4. The van der Waals surface area contributed by atoms with Gasteiger partial charge in [-0.05, 0) is 28.8 Å². The minimum Gasteiger partial charge on any atom is -0.394 e. The minimum absolute atomic E-state index is 0.193. The Morgan fingerprint density at radius 1 is 0.538 bits per heavy atom. The standard InChI is InChI=1S/C33H34O5S/c34-21-29-30(35-22-25-13-5-1-6-14-25)31(36-23-26-15-7-2-8-16-26)32(37-24-27-17-9-3-10-18-27)33(38-29)39-28-19-11-4-12-20-28/h1-20,29-34H,21-24H2/t29?,30-,31-,32?,33+/m1/s1. The van der Waals surface area contributed by atoms with E-state index in [1.165, 1.54) is 0 Å². The van der Waals surface area contributed by atoms with Crippen molar-refractivity contribution in [2.24, 2.45) is 0 Å². The van der Waals surface area contributed by atoms with Crippen molar-refractivity contribution in [1.82, 2.24) is 0 Å². The van der Waals surface area contributed by atoms with Crippen LogP contribution in [-0.4, -0.2) is 41.6 Å². The highest BCUT2D eigenvalue weighted by Crippen LogP contribution is 2.38.